The topological polar surface area (TPSA) is 59.8 Å². The van der Waals surface area contributed by atoms with Crippen molar-refractivity contribution in [3.8, 4) is 0 Å². The van der Waals surface area contributed by atoms with Crippen LogP contribution in [0.4, 0.5) is 0 Å². The van der Waals surface area contributed by atoms with Crippen LogP contribution in [-0.4, -0.2) is 26.5 Å². The fraction of sp³-hybridized carbons (Fsp3) is 0.357. The van der Waals surface area contributed by atoms with Crippen molar-refractivity contribution in [3.05, 3.63) is 47.8 Å². The lowest BCUT2D eigenvalue weighted by Crippen LogP contribution is -2.41. The van der Waals surface area contributed by atoms with E-state index in [1.54, 1.807) is 6.07 Å². The largest absolute Gasteiger partial charge is 0.346 e. The van der Waals surface area contributed by atoms with Gasteiger partial charge in [0, 0.05) is 37.1 Å². The van der Waals surface area contributed by atoms with Crippen molar-refractivity contribution in [1.82, 2.24) is 19.9 Å². The molecular formula is C14H16N4O. The molecule has 3 rings (SSSR count). The minimum Gasteiger partial charge on any atom is -0.346 e. The number of rotatable bonds is 2. The van der Waals surface area contributed by atoms with Gasteiger partial charge in [-0.3, -0.25) is 4.79 Å². The minimum atomic E-state index is -0.0998. The second-order valence-corrected chi connectivity index (χ2v) is 4.87. The molecule has 0 bridgehead atoms. The van der Waals surface area contributed by atoms with Gasteiger partial charge in [-0.05, 0) is 25.5 Å². The van der Waals surface area contributed by atoms with E-state index in [-0.39, 0.29) is 11.9 Å². The van der Waals surface area contributed by atoms with Gasteiger partial charge in [-0.1, -0.05) is 6.07 Å². The van der Waals surface area contributed by atoms with Gasteiger partial charge in [0.25, 0.3) is 5.91 Å². The molecule has 0 fully saturated rings. The number of imidazole rings is 1. The van der Waals surface area contributed by atoms with Crippen molar-refractivity contribution in [2.24, 2.45) is 0 Å². The Hall–Kier alpha value is -2.17. The number of fused-ring (bicyclic) bond motifs is 1. The molecular weight excluding hydrogens is 240 g/mol. The molecule has 0 saturated heterocycles. The number of amides is 1. The summed E-state index contributed by atoms with van der Waals surface area (Å²) in [6.07, 6.45) is 5.59. The standard InChI is InChI=1S/C14H16N4O/c1-10-3-2-4-12(16-10)14(19)17-11-5-6-13-15-7-8-18(13)9-11/h2-4,7-8,11H,5-6,9H2,1H3,(H,17,19)/t11-/m0/s1. The van der Waals surface area contributed by atoms with Gasteiger partial charge in [-0.15, -0.1) is 0 Å². The maximum absolute atomic E-state index is 12.1. The van der Waals surface area contributed by atoms with E-state index in [2.05, 4.69) is 19.9 Å². The van der Waals surface area contributed by atoms with Crippen molar-refractivity contribution >= 4 is 5.91 Å². The molecule has 1 aliphatic rings. The predicted molar refractivity (Wildman–Crippen MR) is 70.8 cm³/mol. The number of aryl methyl sites for hydroxylation is 2. The van der Waals surface area contributed by atoms with Crippen LogP contribution in [0, 0.1) is 6.92 Å². The average Bonchev–Trinajstić information content (AvgIpc) is 2.86. The lowest BCUT2D eigenvalue weighted by atomic mass is 10.1. The van der Waals surface area contributed by atoms with Gasteiger partial charge < -0.3 is 9.88 Å². The summed E-state index contributed by atoms with van der Waals surface area (Å²) in [5.74, 6) is 0.997. The fourth-order valence-electron chi connectivity index (χ4n) is 2.41. The normalized spacial score (nSPS) is 17.8. The van der Waals surface area contributed by atoms with Crippen LogP contribution in [-0.2, 0) is 13.0 Å². The highest BCUT2D eigenvalue weighted by Gasteiger charge is 2.21. The smallest absolute Gasteiger partial charge is 0.270 e. The molecule has 19 heavy (non-hydrogen) atoms. The molecule has 2 aromatic rings. The number of nitrogens with one attached hydrogen (secondary N) is 1. The Balaban J connectivity index is 1.68. The molecule has 3 heterocycles. The van der Waals surface area contributed by atoms with E-state index in [1.165, 1.54) is 0 Å². The Morgan fingerprint density at radius 3 is 3.21 bits per heavy atom. The first kappa shape index (κ1) is 11.9. The number of nitrogens with zero attached hydrogens (tertiary/aromatic N) is 3. The Morgan fingerprint density at radius 1 is 1.47 bits per heavy atom. The van der Waals surface area contributed by atoms with Crippen molar-refractivity contribution < 1.29 is 4.79 Å². The molecule has 0 aromatic carbocycles. The second kappa shape index (κ2) is 4.84. The number of carbonyl (C=O) groups is 1. The van der Waals surface area contributed by atoms with E-state index in [0.717, 1.165) is 30.9 Å². The zero-order valence-corrected chi connectivity index (χ0v) is 10.8. The van der Waals surface area contributed by atoms with Crippen LogP contribution in [0.1, 0.15) is 28.4 Å². The third kappa shape index (κ3) is 2.50. The predicted octanol–water partition coefficient (Wildman–Crippen LogP) is 1.33. The number of pyridine rings is 1. The number of hydrogen-bond acceptors (Lipinski definition) is 3. The zero-order valence-electron chi connectivity index (χ0n) is 10.8. The lowest BCUT2D eigenvalue weighted by Gasteiger charge is -2.24. The maximum atomic E-state index is 12.1. The summed E-state index contributed by atoms with van der Waals surface area (Å²) in [7, 11) is 0. The minimum absolute atomic E-state index is 0.0998. The fourth-order valence-corrected chi connectivity index (χ4v) is 2.41. The molecule has 2 aromatic heterocycles. The van der Waals surface area contributed by atoms with Crippen LogP contribution in [0.2, 0.25) is 0 Å². The third-order valence-electron chi connectivity index (χ3n) is 3.39. The van der Waals surface area contributed by atoms with Crippen molar-refractivity contribution in [1.29, 1.82) is 0 Å². The summed E-state index contributed by atoms with van der Waals surface area (Å²) in [5, 5.41) is 3.04. The van der Waals surface area contributed by atoms with Crippen LogP contribution in [0.25, 0.3) is 0 Å². The molecule has 1 N–H and O–H groups in total. The monoisotopic (exact) mass is 256 g/mol. The molecule has 1 amide bonds. The van der Waals surface area contributed by atoms with E-state index in [9.17, 15) is 4.79 Å². The van der Waals surface area contributed by atoms with Gasteiger partial charge >= 0.3 is 0 Å². The Morgan fingerprint density at radius 2 is 2.37 bits per heavy atom. The van der Waals surface area contributed by atoms with E-state index in [0.29, 0.717) is 5.69 Å². The van der Waals surface area contributed by atoms with Gasteiger partial charge in [0.05, 0.1) is 0 Å². The van der Waals surface area contributed by atoms with Crippen molar-refractivity contribution in [2.45, 2.75) is 32.4 Å². The van der Waals surface area contributed by atoms with Crippen LogP contribution in [0.15, 0.2) is 30.6 Å². The van der Waals surface area contributed by atoms with Crippen molar-refractivity contribution in [3.63, 3.8) is 0 Å². The molecule has 0 radical (unpaired) electrons. The van der Waals surface area contributed by atoms with E-state index in [4.69, 9.17) is 0 Å². The number of hydrogen-bond donors (Lipinski definition) is 1. The Bertz CT molecular complexity index is 605. The first-order chi connectivity index (χ1) is 9.22. The van der Waals surface area contributed by atoms with E-state index in [1.807, 2.05) is 31.5 Å². The molecule has 0 aliphatic carbocycles. The molecule has 0 unspecified atom stereocenters. The second-order valence-electron chi connectivity index (χ2n) is 4.87. The highest BCUT2D eigenvalue weighted by molar-refractivity contribution is 5.92. The Kier molecular flexibility index (Phi) is 3.03. The van der Waals surface area contributed by atoms with Crippen LogP contribution < -0.4 is 5.32 Å². The van der Waals surface area contributed by atoms with Crippen LogP contribution in [0.5, 0.6) is 0 Å². The van der Waals surface area contributed by atoms with Gasteiger partial charge in [0.1, 0.15) is 11.5 Å². The summed E-state index contributed by atoms with van der Waals surface area (Å²) in [5.41, 5.74) is 1.34. The number of carbonyl (C=O) groups excluding carboxylic acids is 1. The molecule has 1 atom stereocenters. The zero-order chi connectivity index (χ0) is 13.2. The summed E-state index contributed by atoms with van der Waals surface area (Å²) < 4.78 is 2.10. The first-order valence-corrected chi connectivity index (χ1v) is 6.47. The molecule has 5 nitrogen and oxygen atoms in total. The molecule has 0 spiro atoms. The third-order valence-corrected chi connectivity index (χ3v) is 3.39. The highest BCUT2D eigenvalue weighted by Crippen LogP contribution is 2.13. The van der Waals surface area contributed by atoms with Gasteiger partial charge in [-0.25, -0.2) is 9.97 Å². The average molecular weight is 256 g/mol. The molecule has 98 valence electrons. The highest BCUT2D eigenvalue weighted by atomic mass is 16.1. The van der Waals surface area contributed by atoms with Gasteiger partial charge in [0.2, 0.25) is 0 Å². The van der Waals surface area contributed by atoms with Crippen molar-refractivity contribution in [2.75, 3.05) is 0 Å². The van der Waals surface area contributed by atoms with Crippen LogP contribution >= 0.6 is 0 Å². The summed E-state index contributed by atoms with van der Waals surface area (Å²) in [4.78, 5) is 20.6. The van der Waals surface area contributed by atoms with E-state index < -0.39 is 0 Å². The maximum Gasteiger partial charge on any atom is 0.270 e. The molecule has 5 heteroatoms. The van der Waals surface area contributed by atoms with E-state index >= 15 is 0 Å². The number of aromatic nitrogens is 3. The van der Waals surface area contributed by atoms with Crippen LogP contribution in [0.3, 0.4) is 0 Å². The van der Waals surface area contributed by atoms with Gasteiger partial charge in [-0.2, -0.15) is 0 Å². The summed E-state index contributed by atoms with van der Waals surface area (Å²) in [6, 6.07) is 5.63. The Labute approximate surface area is 111 Å². The lowest BCUT2D eigenvalue weighted by molar-refractivity contribution is 0.0922. The molecule has 0 saturated carbocycles. The van der Waals surface area contributed by atoms with Gasteiger partial charge in [0.15, 0.2) is 0 Å². The molecule has 1 aliphatic heterocycles. The SMILES string of the molecule is Cc1cccc(C(=O)N[C@H]2CCc3nccn3C2)n1. The summed E-state index contributed by atoms with van der Waals surface area (Å²) in [6.45, 7) is 2.67. The first-order valence-electron chi connectivity index (χ1n) is 6.47. The summed E-state index contributed by atoms with van der Waals surface area (Å²) >= 11 is 0. The quantitative estimate of drug-likeness (QED) is 0.882.